The molecule has 0 aromatic heterocycles. The molecule has 0 spiro atoms. The highest BCUT2D eigenvalue weighted by molar-refractivity contribution is 6.91. The van der Waals surface area contributed by atoms with E-state index in [0.717, 1.165) is 0 Å². The molecule has 1 aliphatic rings. The number of allylic oxidation sites excluding steroid dienone is 3. The van der Waals surface area contributed by atoms with Gasteiger partial charge in [0.15, 0.2) is 0 Å². The van der Waals surface area contributed by atoms with Gasteiger partial charge in [0.1, 0.15) is 0 Å². The number of fused-ring (bicyclic) bond motifs is 1. The van der Waals surface area contributed by atoms with E-state index < -0.39 is 0 Å². The van der Waals surface area contributed by atoms with Gasteiger partial charge in [-0.1, -0.05) is 110 Å². The SMILES string of the molecule is CC(C)(C)C1=CC=Cc2ccccc2B1c1ccccc1. The van der Waals surface area contributed by atoms with E-state index in [0.29, 0.717) is 6.71 Å². The smallest absolute Gasteiger partial charge is 0.0854 e. The quantitative estimate of drug-likeness (QED) is 0.692. The molecule has 0 unspecified atom stereocenters. The molecule has 0 saturated heterocycles. The Hall–Kier alpha value is -2.02. The molecule has 0 radical (unpaired) electrons. The molecule has 1 aliphatic heterocycles. The molecule has 0 fully saturated rings. The summed E-state index contributed by atoms with van der Waals surface area (Å²) in [6, 6.07) is 19.6. The van der Waals surface area contributed by atoms with Crippen molar-refractivity contribution in [1.82, 2.24) is 0 Å². The van der Waals surface area contributed by atoms with Crippen molar-refractivity contribution in [2.75, 3.05) is 0 Å². The Morgan fingerprint density at radius 2 is 1.48 bits per heavy atom. The van der Waals surface area contributed by atoms with Crippen LogP contribution in [0.25, 0.3) is 6.08 Å². The summed E-state index contributed by atoms with van der Waals surface area (Å²) in [5, 5.41) is 0. The summed E-state index contributed by atoms with van der Waals surface area (Å²) in [6.07, 6.45) is 6.73. The third kappa shape index (κ3) is 2.74. The van der Waals surface area contributed by atoms with Gasteiger partial charge in [-0.15, -0.1) is 0 Å². The number of benzene rings is 2. The van der Waals surface area contributed by atoms with Gasteiger partial charge in [0.25, 0.3) is 0 Å². The average molecular weight is 272 g/mol. The molecule has 0 atom stereocenters. The first-order valence-electron chi connectivity index (χ1n) is 7.60. The summed E-state index contributed by atoms with van der Waals surface area (Å²) in [6.45, 7) is 7.24. The second-order valence-corrected chi connectivity index (χ2v) is 6.70. The van der Waals surface area contributed by atoms with Gasteiger partial charge in [-0.05, 0) is 11.0 Å². The van der Waals surface area contributed by atoms with Crippen LogP contribution in [-0.2, 0) is 0 Å². The molecule has 0 aliphatic carbocycles. The second-order valence-electron chi connectivity index (χ2n) is 6.70. The van der Waals surface area contributed by atoms with Gasteiger partial charge in [-0.25, -0.2) is 0 Å². The topological polar surface area (TPSA) is 0 Å². The van der Waals surface area contributed by atoms with Gasteiger partial charge in [0, 0.05) is 0 Å². The Morgan fingerprint density at radius 3 is 2.19 bits per heavy atom. The molecule has 2 aromatic carbocycles. The van der Waals surface area contributed by atoms with Crippen LogP contribution in [0, 0.1) is 5.41 Å². The summed E-state index contributed by atoms with van der Waals surface area (Å²) in [7, 11) is 0. The van der Waals surface area contributed by atoms with Gasteiger partial charge >= 0.3 is 0 Å². The van der Waals surface area contributed by atoms with Gasteiger partial charge in [-0.2, -0.15) is 0 Å². The summed E-state index contributed by atoms with van der Waals surface area (Å²) in [4.78, 5) is 0. The maximum Gasteiger partial charge on any atom is 0.238 e. The Bertz CT molecular complexity index is 687. The molecule has 1 heterocycles. The third-order valence-electron chi connectivity index (χ3n) is 4.17. The highest BCUT2D eigenvalue weighted by Crippen LogP contribution is 2.29. The Labute approximate surface area is 128 Å². The molecular formula is C20H21B. The van der Waals surface area contributed by atoms with Gasteiger partial charge in [0.05, 0.1) is 0 Å². The number of rotatable bonds is 1. The van der Waals surface area contributed by atoms with Crippen molar-refractivity contribution in [1.29, 1.82) is 0 Å². The summed E-state index contributed by atoms with van der Waals surface area (Å²) < 4.78 is 0. The number of hydrogen-bond donors (Lipinski definition) is 0. The monoisotopic (exact) mass is 272 g/mol. The van der Waals surface area contributed by atoms with Gasteiger partial charge in [-0.3, -0.25) is 0 Å². The zero-order chi connectivity index (χ0) is 14.9. The maximum absolute atomic E-state index is 2.30. The molecule has 2 aromatic rings. The van der Waals surface area contributed by atoms with Crippen LogP contribution < -0.4 is 10.9 Å². The molecule has 0 amide bonds. The first kappa shape index (κ1) is 13.9. The van der Waals surface area contributed by atoms with Crippen molar-refractivity contribution in [3.8, 4) is 0 Å². The molecule has 104 valence electrons. The minimum Gasteiger partial charge on any atom is -0.0854 e. The zero-order valence-electron chi connectivity index (χ0n) is 13.0. The van der Waals surface area contributed by atoms with Crippen LogP contribution in [0.2, 0.25) is 0 Å². The minimum atomic E-state index is 0.141. The van der Waals surface area contributed by atoms with Crippen molar-refractivity contribution in [3.63, 3.8) is 0 Å². The normalized spacial score (nSPS) is 14.4. The molecule has 3 rings (SSSR count). The lowest BCUT2D eigenvalue weighted by atomic mass is 9.32. The molecule has 21 heavy (non-hydrogen) atoms. The van der Waals surface area contributed by atoms with Crippen molar-refractivity contribution in [3.05, 3.63) is 77.8 Å². The van der Waals surface area contributed by atoms with Crippen LogP contribution in [0.5, 0.6) is 0 Å². The van der Waals surface area contributed by atoms with E-state index in [4.69, 9.17) is 0 Å². The lowest BCUT2D eigenvalue weighted by molar-refractivity contribution is 0.528. The lowest BCUT2D eigenvalue weighted by Crippen LogP contribution is -2.48. The summed E-state index contributed by atoms with van der Waals surface area (Å²) in [5.41, 5.74) is 5.70. The van der Waals surface area contributed by atoms with Crippen LogP contribution in [0.15, 0.2) is 72.2 Å². The van der Waals surface area contributed by atoms with E-state index in [9.17, 15) is 0 Å². The van der Waals surface area contributed by atoms with E-state index in [1.54, 1.807) is 0 Å². The average Bonchev–Trinajstić information content (AvgIpc) is 2.67. The van der Waals surface area contributed by atoms with E-state index >= 15 is 0 Å². The second kappa shape index (κ2) is 5.40. The van der Waals surface area contributed by atoms with Gasteiger partial charge < -0.3 is 0 Å². The molecule has 0 N–H and O–H groups in total. The van der Waals surface area contributed by atoms with Crippen LogP contribution in [0.4, 0.5) is 0 Å². The van der Waals surface area contributed by atoms with E-state index in [2.05, 4.69) is 93.6 Å². The predicted octanol–water partition coefficient (Wildman–Crippen LogP) is 3.83. The van der Waals surface area contributed by atoms with Crippen LogP contribution in [0.1, 0.15) is 26.3 Å². The molecule has 0 bridgehead atoms. The van der Waals surface area contributed by atoms with E-state index in [1.807, 2.05) is 0 Å². The standard InChI is InChI=1S/C20H21B/c1-20(2,3)19-15-9-11-16-10-7-8-14-18(16)21(19)17-12-5-4-6-13-17/h4-15H,1-3H3. The fourth-order valence-electron chi connectivity index (χ4n) is 3.13. The fourth-order valence-corrected chi connectivity index (χ4v) is 3.13. The fraction of sp³-hybridized carbons (Fsp3) is 0.200. The third-order valence-corrected chi connectivity index (χ3v) is 4.17. The van der Waals surface area contributed by atoms with Crippen molar-refractivity contribution in [2.45, 2.75) is 20.8 Å². The predicted molar refractivity (Wildman–Crippen MR) is 94.5 cm³/mol. The molecule has 0 saturated carbocycles. The minimum absolute atomic E-state index is 0.141. The lowest BCUT2D eigenvalue weighted by Gasteiger charge is -2.29. The van der Waals surface area contributed by atoms with Crippen molar-refractivity contribution in [2.24, 2.45) is 5.41 Å². The largest absolute Gasteiger partial charge is 0.238 e. The highest BCUT2D eigenvalue weighted by Gasteiger charge is 2.32. The summed E-state index contributed by atoms with van der Waals surface area (Å²) >= 11 is 0. The van der Waals surface area contributed by atoms with Crippen molar-refractivity contribution < 1.29 is 0 Å². The first-order valence-corrected chi connectivity index (χ1v) is 7.60. The van der Waals surface area contributed by atoms with Crippen LogP contribution in [-0.4, -0.2) is 6.71 Å². The summed E-state index contributed by atoms with van der Waals surface area (Å²) in [5.74, 6) is 0. The Balaban J connectivity index is 2.23. The maximum atomic E-state index is 2.30. The molecule has 1 heteroatoms. The Morgan fingerprint density at radius 1 is 0.810 bits per heavy atom. The van der Waals surface area contributed by atoms with Crippen LogP contribution in [0.3, 0.4) is 0 Å². The van der Waals surface area contributed by atoms with E-state index in [1.165, 1.54) is 22.0 Å². The van der Waals surface area contributed by atoms with Crippen LogP contribution >= 0.6 is 0 Å². The molecule has 0 nitrogen and oxygen atoms in total. The number of hydrogen-bond acceptors (Lipinski definition) is 0. The molecular weight excluding hydrogens is 251 g/mol. The van der Waals surface area contributed by atoms with E-state index in [-0.39, 0.29) is 5.41 Å². The van der Waals surface area contributed by atoms with Crippen molar-refractivity contribution >= 4 is 23.7 Å². The Kier molecular flexibility index (Phi) is 3.59. The first-order chi connectivity index (χ1) is 10.1. The van der Waals surface area contributed by atoms with Gasteiger partial charge in [0.2, 0.25) is 6.71 Å². The highest BCUT2D eigenvalue weighted by atomic mass is 14.2. The zero-order valence-corrected chi connectivity index (χ0v) is 13.0.